The van der Waals surface area contributed by atoms with Gasteiger partial charge in [0.15, 0.2) is 0 Å². The third-order valence-electron chi connectivity index (χ3n) is 2.07. The first-order chi connectivity index (χ1) is 7.65. The van der Waals surface area contributed by atoms with Gasteiger partial charge in [0, 0.05) is 6.07 Å². The first-order valence-corrected chi connectivity index (χ1v) is 4.76. The van der Waals surface area contributed by atoms with Gasteiger partial charge in [-0.2, -0.15) is 0 Å². The number of halogens is 1. The predicted octanol–water partition coefficient (Wildman–Crippen LogP) is 2.25. The summed E-state index contributed by atoms with van der Waals surface area (Å²) in [5.41, 5.74) is 6.83. The summed E-state index contributed by atoms with van der Waals surface area (Å²) in [6.45, 7) is 1.89. The van der Waals surface area contributed by atoms with E-state index >= 15 is 0 Å². The summed E-state index contributed by atoms with van der Waals surface area (Å²) in [7, 11) is 0. The van der Waals surface area contributed by atoms with Crippen LogP contribution in [0.5, 0.6) is 0 Å². The van der Waals surface area contributed by atoms with Gasteiger partial charge >= 0.3 is 0 Å². The second kappa shape index (κ2) is 4.14. The van der Waals surface area contributed by atoms with Crippen LogP contribution in [0.2, 0.25) is 0 Å². The quantitative estimate of drug-likeness (QED) is 0.811. The average Bonchev–Trinajstić information content (AvgIpc) is 2.24. The van der Waals surface area contributed by atoms with Crippen molar-refractivity contribution < 1.29 is 4.39 Å². The highest BCUT2D eigenvalue weighted by Crippen LogP contribution is 2.20. The van der Waals surface area contributed by atoms with Gasteiger partial charge in [0.25, 0.3) is 0 Å². The molecule has 16 heavy (non-hydrogen) atoms. The van der Waals surface area contributed by atoms with Gasteiger partial charge in [-0.15, -0.1) is 0 Å². The number of nitrogens with one attached hydrogen (secondary N) is 1. The van der Waals surface area contributed by atoms with E-state index in [1.54, 1.807) is 18.2 Å². The van der Waals surface area contributed by atoms with Crippen LogP contribution in [0, 0.1) is 12.7 Å². The third-order valence-corrected chi connectivity index (χ3v) is 2.07. The highest BCUT2D eigenvalue weighted by molar-refractivity contribution is 5.59. The topological polar surface area (TPSA) is 63.8 Å². The fraction of sp³-hybridized carbons (Fsp3) is 0.0909. The molecule has 5 heteroatoms. The molecule has 0 aliphatic rings. The van der Waals surface area contributed by atoms with Gasteiger partial charge in [0.05, 0.1) is 5.69 Å². The number of hydrogen-bond donors (Lipinski definition) is 2. The summed E-state index contributed by atoms with van der Waals surface area (Å²) < 4.78 is 13.4. The summed E-state index contributed by atoms with van der Waals surface area (Å²) in [5.74, 6) is 0.477. The van der Waals surface area contributed by atoms with Crippen molar-refractivity contribution in [3.63, 3.8) is 0 Å². The van der Waals surface area contributed by atoms with Crippen LogP contribution >= 0.6 is 0 Å². The zero-order valence-corrected chi connectivity index (χ0v) is 8.74. The molecule has 3 N–H and O–H groups in total. The van der Waals surface area contributed by atoms with Crippen LogP contribution in [0.15, 0.2) is 30.6 Å². The number of hydrogen-bond acceptors (Lipinski definition) is 4. The van der Waals surface area contributed by atoms with Crippen LogP contribution in [0.1, 0.15) is 5.56 Å². The molecule has 0 atom stereocenters. The van der Waals surface area contributed by atoms with Crippen molar-refractivity contribution in [2.75, 3.05) is 11.1 Å². The summed E-state index contributed by atoms with van der Waals surface area (Å²) in [6.07, 6.45) is 1.32. The Morgan fingerprint density at radius 3 is 2.81 bits per heavy atom. The van der Waals surface area contributed by atoms with E-state index in [2.05, 4.69) is 15.3 Å². The lowest BCUT2D eigenvalue weighted by atomic mass is 10.2. The average molecular weight is 218 g/mol. The predicted molar refractivity (Wildman–Crippen MR) is 60.9 cm³/mol. The number of nitrogen functional groups attached to an aromatic ring is 1. The molecule has 0 aliphatic heterocycles. The fourth-order valence-corrected chi connectivity index (χ4v) is 1.31. The van der Waals surface area contributed by atoms with Crippen molar-refractivity contribution in [2.24, 2.45) is 0 Å². The molecule has 2 aromatic rings. The lowest BCUT2D eigenvalue weighted by Crippen LogP contribution is -1.99. The van der Waals surface area contributed by atoms with Crippen molar-refractivity contribution in [1.29, 1.82) is 0 Å². The van der Waals surface area contributed by atoms with Crippen molar-refractivity contribution in [3.8, 4) is 0 Å². The Kier molecular flexibility index (Phi) is 2.68. The molecule has 1 aromatic heterocycles. The smallest absolute Gasteiger partial charge is 0.146 e. The van der Waals surface area contributed by atoms with Crippen molar-refractivity contribution >= 4 is 17.3 Å². The summed E-state index contributed by atoms with van der Waals surface area (Å²) >= 11 is 0. The van der Waals surface area contributed by atoms with Gasteiger partial charge in [-0.25, -0.2) is 14.4 Å². The number of nitrogens with zero attached hydrogens (tertiary/aromatic N) is 2. The molecule has 0 unspecified atom stereocenters. The number of aromatic nitrogens is 2. The van der Waals surface area contributed by atoms with Gasteiger partial charge in [-0.05, 0) is 24.6 Å². The SMILES string of the molecule is Cc1ccc(F)c(Nc2cc(N)ncn2)c1. The minimum Gasteiger partial charge on any atom is -0.384 e. The van der Waals surface area contributed by atoms with Gasteiger partial charge < -0.3 is 11.1 Å². The molecular weight excluding hydrogens is 207 g/mol. The van der Waals surface area contributed by atoms with Gasteiger partial charge in [0.2, 0.25) is 0 Å². The zero-order chi connectivity index (χ0) is 11.5. The van der Waals surface area contributed by atoms with E-state index in [9.17, 15) is 4.39 Å². The van der Waals surface area contributed by atoms with Gasteiger partial charge in [-0.1, -0.05) is 6.07 Å². The molecule has 0 bridgehead atoms. The van der Waals surface area contributed by atoms with Crippen LogP contribution in [0.4, 0.5) is 21.7 Å². The number of rotatable bonds is 2. The van der Waals surface area contributed by atoms with Crippen molar-refractivity contribution in [3.05, 3.63) is 42.0 Å². The lowest BCUT2D eigenvalue weighted by Gasteiger charge is -2.07. The molecule has 0 saturated heterocycles. The molecule has 0 amide bonds. The van der Waals surface area contributed by atoms with Crippen molar-refractivity contribution in [2.45, 2.75) is 6.92 Å². The molecule has 0 aliphatic carbocycles. The Morgan fingerprint density at radius 1 is 1.25 bits per heavy atom. The monoisotopic (exact) mass is 218 g/mol. The number of nitrogens with two attached hydrogens (primary N) is 1. The first kappa shape index (κ1) is 10.4. The Balaban J connectivity index is 2.30. The normalized spacial score (nSPS) is 10.1. The highest BCUT2D eigenvalue weighted by atomic mass is 19.1. The molecule has 2 rings (SSSR count). The van der Waals surface area contributed by atoms with E-state index in [0.717, 1.165) is 5.56 Å². The van der Waals surface area contributed by atoms with Crippen molar-refractivity contribution in [1.82, 2.24) is 9.97 Å². The molecule has 0 fully saturated rings. The Hall–Kier alpha value is -2.17. The number of benzene rings is 1. The fourth-order valence-electron chi connectivity index (χ4n) is 1.31. The van der Waals surface area contributed by atoms with Crippen LogP contribution in [0.3, 0.4) is 0 Å². The summed E-state index contributed by atoms with van der Waals surface area (Å²) in [4.78, 5) is 7.69. The second-order valence-electron chi connectivity index (χ2n) is 3.44. The minimum atomic E-state index is -0.331. The molecular formula is C11H11FN4. The highest BCUT2D eigenvalue weighted by Gasteiger charge is 2.03. The number of anilines is 3. The van der Waals surface area contributed by atoms with E-state index in [-0.39, 0.29) is 5.82 Å². The van der Waals surface area contributed by atoms with Crippen LogP contribution in [-0.2, 0) is 0 Å². The summed E-state index contributed by atoms with van der Waals surface area (Å²) in [5, 5.41) is 2.85. The molecule has 0 spiro atoms. The van der Waals surface area contributed by atoms with Crippen LogP contribution in [-0.4, -0.2) is 9.97 Å². The minimum absolute atomic E-state index is 0.331. The zero-order valence-electron chi connectivity index (χ0n) is 8.74. The Bertz CT molecular complexity index is 513. The third kappa shape index (κ3) is 2.25. The Labute approximate surface area is 92.3 Å². The molecule has 4 nitrogen and oxygen atoms in total. The maximum absolute atomic E-state index is 13.4. The molecule has 0 radical (unpaired) electrons. The number of aryl methyl sites for hydroxylation is 1. The maximum atomic E-state index is 13.4. The Morgan fingerprint density at radius 2 is 2.06 bits per heavy atom. The van der Waals surface area contributed by atoms with E-state index < -0.39 is 0 Å². The van der Waals surface area contributed by atoms with Gasteiger partial charge in [-0.3, -0.25) is 0 Å². The second-order valence-corrected chi connectivity index (χ2v) is 3.44. The lowest BCUT2D eigenvalue weighted by molar-refractivity contribution is 0.631. The molecule has 1 aromatic carbocycles. The molecule has 0 saturated carbocycles. The van der Waals surface area contributed by atoms with Crippen LogP contribution < -0.4 is 11.1 Å². The molecule has 82 valence electrons. The van der Waals surface area contributed by atoms with E-state index in [4.69, 9.17) is 5.73 Å². The van der Waals surface area contributed by atoms with Crippen LogP contribution in [0.25, 0.3) is 0 Å². The maximum Gasteiger partial charge on any atom is 0.146 e. The standard InChI is InChI=1S/C11H11FN4/c1-7-2-3-8(12)9(4-7)16-11-5-10(13)14-6-15-11/h2-6H,1H3,(H3,13,14,15,16). The van der Waals surface area contributed by atoms with E-state index in [1.807, 2.05) is 6.92 Å². The van der Waals surface area contributed by atoms with E-state index in [1.165, 1.54) is 12.4 Å². The first-order valence-electron chi connectivity index (χ1n) is 4.76. The summed E-state index contributed by atoms with van der Waals surface area (Å²) in [6, 6.07) is 6.35. The largest absolute Gasteiger partial charge is 0.384 e. The van der Waals surface area contributed by atoms with E-state index in [0.29, 0.717) is 17.3 Å². The molecule has 1 heterocycles. The van der Waals surface area contributed by atoms with Gasteiger partial charge in [0.1, 0.15) is 23.8 Å².